The molecule has 0 aliphatic heterocycles. The maximum Gasteiger partial charge on any atom is 0.00112 e. The second-order valence-corrected chi connectivity index (χ2v) is 7.44. The Morgan fingerprint density at radius 3 is 2.55 bits per heavy atom. The van der Waals surface area contributed by atoms with Gasteiger partial charge in [0.1, 0.15) is 0 Å². The molecule has 1 aromatic carbocycles. The Labute approximate surface area is 124 Å². The third kappa shape index (κ3) is 2.93. The van der Waals surface area contributed by atoms with Crippen molar-refractivity contribution in [3.63, 3.8) is 0 Å². The Balaban J connectivity index is 1.71. The first-order valence-corrected chi connectivity index (χ1v) is 8.39. The van der Waals surface area contributed by atoms with Gasteiger partial charge in [-0.2, -0.15) is 0 Å². The van der Waals surface area contributed by atoms with Crippen LogP contribution in [0.4, 0.5) is 0 Å². The molecule has 3 rings (SSSR count). The van der Waals surface area contributed by atoms with E-state index in [0.29, 0.717) is 5.41 Å². The summed E-state index contributed by atoms with van der Waals surface area (Å²) >= 11 is 0. The van der Waals surface area contributed by atoms with Crippen LogP contribution in [0.5, 0.6) is 0 Å². The molecule has 0 amide bonds. The third-order valence-electron chi connectivity index (χ3n) is 5.54. The SMILES string of the molecule is CCCNCC1(Cc2ccc(C)c(C)c2)CC2CC2C1. The number of hydrogen-bond donors (Lipinski definition) is 1. The Morgan fingerprint density at radius 1 is 1.15 bits per heavy atom. The number of rotatable bonds is 6. The van der Waals surface area contributed by atoms with Gasteiger partial charge in [-0.05, 0) is 86.4 Å². The van der Waals surface area contributed by atoms with E-state index in [9.17, 15) is 0 Å². The first-order valence-electron chi connectivity index (χ1n) is 8.39. The molecule has 0 aromatic heterocycles. The molecule has 2 aliphatic carbocycles. The van der Waals surface area contributed by atoms with Gasteiger partial charge in [0.05, 0.1) is 0 Å². The fraction of sp³-hybridized carbons (Fsp3) is 0.684. The predicted octanol–water partition coefficient (Wildman–Crippen LogP) is 4.26. The van der Waals surface area contributed by atoms with Crippen LogP contribution < -0.4 is 5.32 Å². The van der Waals surface area contributed by atoms with Gasteiger partial charge in [0.15, 0.2) is 0 Å². The summed E-state index contributed by atoms with van der Waals surface area (Å²) < 4.78 is 0. The van der Waals surface area contributed by atoms with Crippen LogP contribution in [0.2, 0.25) is 0 Å². The van der Waals surface area contributed by atoms with Gasteiger partial charge >= 0.3 is 0 Å². The van der Waals surface area contributed by atoms with Crippen LogP contribution >= 0.6 is 0 Å². The quantitative estimate of drug-likeness (QED) is 0.762. The largest absolute Gasteiger partial charge is 0.316 e. The number of fused-ring (bicyclic) bond motifs is 1. The first kappa shape index (κ1) is 14.1. The summed E-state index contributed by atoms with van der Waals surface area (Å²) in [7, 11) is 0. The molecular weight excluding hydrogens is 242 g/mol. The molecule has 2 atom stereocenters. The molecule has 20 heavy (non-hydrogen) atoms. The summed E-state index contributed by atoms with van der Waals surface area (Å²) in [5, 5.41) is 3.71. The van der Waals surface area contributed by atoms with Crippen LogP contribution in [-0.2, 0) is 6.42 Å². The molecule has 1 aromatic rings. The van der Waals surface area contributed by atoms with Crippen molar-refractivity contribution in [3.8, 4) is 0 Å². The molecule has 0 heterocycles. The van der Waals surface area contributed by atoms with Crippen LogP contribution in [0.1, 0.15) is 49.3 Å². The average molecular weight is 271 g/mol. The fourth-order valence-corrected chi connectivity index (χ4v) is 4.23. The molecular formula is C19H29N. The van der Waals surface area contributed by atoms with E-state index < -0.39 is 0 Å². The molecule has 0 saturated heterocycles. The molecule has 2 aliphatic rings. The Hall–Kier alpha value is -0.820. The lowest BCUT2D eigenvalue weighted by molar-refractivity contribution is 0.249. The fourth-order valence-electron chi connectivity index (χ4n) is 4.23. The van der Waals surface area contributed by atoms with Gasteiger partial charge < -0.3 is 5.32 Å². The highest BCUT2D eigenvalue weighted by Gasteiger charge is 2.53. The molecule has 2 unspecified atom stereocenters. The highest BCUT2D eigenvalue weighted by atomic mass is 14.9. The minimum atomic E-state index is 0.546. The van der Waals surface area contributed by atoms with Crippen molar-refractivity contribution in [3.05, 3.63) is 34.9 Å². The first-order chi connectivity index (χ1) is 9.62. The molecule has 0 radical (unpaired) electrons. The minimum Gasteiger partial charge on any atom is -0.316 e. The van der Waals surface area contributed by atoms with E-state index in [4.69, 9.17) is 0 Å². The van der Waals surface area contributed by atoms with E-state index in [1.807, 2.05) is 0 Å². The van der Waals surface area contributed by atoms with E-state index in [1.165, 1.54) is 56.3 Å². The number of nitrogens with one attached hydrogen (secondary N) is 1. The zero-order valence-electron chi connectivity index (χ0n) is 13.3. The molecule has 1 N–H and O–H groups in total. The van der Waals surface area contributed by atoms with Crippen LogP contribution in [0.25, 0.3) is 0 Å². The summed E-state index contributed by atoms with van der Waals surface area (Å²) in [4.78, 5) is 0. The van der Waals surface area contributed by atoms with Crippen molar-refractivity contribution in [2.24, 2.45) is 17.3 Å². The zero-order chi connectivity index (χ0) is 14.2. The summed E-state index contributed by atoms with van der Waals surface area (Å²) in [6, 6.07) is 7.07. The minimum absolute atomic E-state index is 0.546. The van der Waals surface area contributed by atoms with Crippen molar-refractivity contribution < 1.29 is 0 Å². The lowest BCUT2D eigenvalue weighted by Crippen LogP contribution is -2.35. The van der Waals surface area contributed by atoms with Crippen molar-refractivity contribution in [1.82, 2.24) is 5.32 Å². The lowest BCUT2D eigenvalue weighted by Gasteiger charge is -2.32. The van der Waals surface area contributed by atoms with Crippen molar-refractivity contribution >= 4 is 0 Å². The van der Waals surface area contributed by atoms with E-state index in [1.54, 1.807) is 5.56 Å². The smallest absolute Gasteiger partial charge is 0.00112 e. The number of aryl methyl sites for hydroxylation is 2. The standard InChI is InChI=1S/C19H29N/c1-4-7-20-13-19(11-17-9-18(17)12-19)10-16-6-5-14(2)15(3)8-16/h5-6,8,17-18,20H,4,7,9-13H2,1-3H3. The van der Waals surface area contributed by atoms with E-state index in [0.717, 1.165) is 11.8 Å². The molecule has 1 nitrogen and oxygen atoms in total. The maximum absolute atomic E-state index is 3.71. The van der Waals surface area contributed by atoms with Gasteiger partial charge in [-0.3, -0.25) is 0 Å². The van der Waals surface area contributed by atoms with Gasteiger partial charge in [0, 0.05) is 6.54 Å². The van der Waals surface area contributed by atoms with Gasteiger partial charge in [0.25, 0.3) is 0 Å². The highest BCUT2D eigenvalue weighted by molar-refractivity contribution is 5.31. The summed E-state index contributed by atoms with van der Waals surface area (Å²) in [6.45, 7) is 9.11. The topological polar surface area (TPSA) is 12.0 Å². The number of hydrogen-bond acceptors (Lipinski definition) is 1. The third-order valence-corrected chi connectivity index (χ3v) is 5.54. The Morgan fingerprint density at radius 2 is 1.90 bits per heavy atom. The lowest BCUT2D eigenvalue weighted by atomic mass is 9.77. The van der Waals surface area contributed by atoms with Crippen LogP contribution in [0, 0.1) is 31.1 Å². The van der Waals surface area contributed by atoms with Crippen LogP contribution in [-0.4, -0.2) is 13.1 Å². The zero-order valence-corrected chi connectivity index (χ0v) is 13.3. The molecule has 2 fully saturated rings. The van der Waals surface area contributed by atoms with E-state index >= 15 is 0 Å². The summed E-state index contributed by atoms with van der Waals surface area (Å²) in [6.07, 6.45) is 6.95. The molecule has 1 heteroatoms. The van der Waals surface area contributed by atoms with E-state index in [2.05, 4.69) is 44.3 Å². The van der Waals surface area contributed by atoms with E-state index in [-0.39, 0.29) is 0 Å². The van der Waals surface area contributed by atoms with Gasteiger partial charge in [-0.15, -0.1) is 0 Å². The Kier molecular flexibility index (Phi) is 3.90. The molecule has 0 bridgehead atoms. The van der Waals surface area contributed by atoms with Gasteiger partial charge in [-0.1, -0.05) is 25.1 Å². The monoisotopic (exact) mass is 271 g/mol. The average Bonchev–Trinajstić information content (AvgIpc) is 3.03. The normalized spacial score (nSPS) is 31.4. The van der Waals surface area contributed by atoms with Gasteiger partial charge in [0.2, 0.25) is 0 Å². The molecule has 2 saturated carbocycles. The predicted molar refractivity (Wildman–Crippen MR) is 86.0 cm³/mol. The van der Waals surface area contributed by atoms with Crippen molar-refractivity contribution in [2.45, 2.75) is 52.9 Å². The maximum atomic E-state index is 3.71. The summed E-state index contributed by atoms with van der Waals surface area (Å²) in [5.41, 5.74) is 4.96. The van der Waals surface area contributed by atoms with Crippen LogP contribution in [0.3, 0.4) is 0 Å². The second kappa shape index (κ2) is 5.52. The molecule has 0 spiro atoms. The second-order valence-electron chi connectivity index (χ2n) is 7.44. The highest BCUT2D eigenvalue weighted by Crippen LogP contribution is 2.60. The van der Waals surface area contributed by atoms with Crippen molar-refractivity contribution in [2.75, 3.05) is 13.1 Å². The summed E-state index contributed by atoms with van der Waals surface area (Å²) in [5.74, 6) is 2.12. The van der Waals surface area contributed by atoms with Gasteiger partial charge in [-0.25, -0.2) is 0 Å². The number of benzene rings is 1. The molecule has 110 valence electrons. The van der Waals surface area contributed by atoms with Crippen LogP contribution in [0.15, 0.2) is 18.2 Å². The van der Waals surface area contributed by atoms with Crippen molar-refractivity contribution in [1.29, 1.82) is 0 Å². The Bertz CT molecular complexity index is 467.